The molecule has 45 heavy (non-hydrogen) atoms. The minimum Gasteiger partial charge on any atom is -0.309 e. The van der Waals surface area contributed by atoms with Crippen molar-refractivity contribution in [1.82, 2.24) is 19.9 Å². The predicted molar refractivity (Wildman–Crippen MR) is 188 cm³/mol. The Morgan fingerprint density at radius 3 is 1.62 bits per heavy atom. The van der Waals surface area contributed by atoms with Gasteiger partial charge in [0.1, 0.15) is 0 Å². The van der Waals surface area contributed by atoms with E-state index in [2.05, 4.69) is 138 Å². The Labute approximate surface area is 267 Å². The molecule has 0 unspecified atom stereocenters. The third-order valence-corrected chi connectivity index (χ3v) is 9.70. The molecule has 0 radical (unpaired) electrons. The van der Waals surface area contributed by atoms with Crippen molar-refractivity contribution < 1.29 is 0 Å². The first-order valence-electron chi connectivity index (χ1n) is 15.6. The van der Waals surface area contributed by atoms with Crippen LogP contribution >= 0.6 is 0 Å². The lowest BCUT2D eigenvalue weighted by molar-refractivity contribution is 1.13. The van der Waals surface area contributed by atoms with Crippen LogP contribution in [0.2, 0.25) is 0 Å². The van der Waals surface area contributed by atoms with Crippen LogP contribution in [0.15, 0.2) is 67.1 Å². The Hall–Kier alpha value is -4.90. The fourth-order valence-corrected chi connectivity index (χ4v) is 6.85. The zero-order valence-electron chi connectivity index (χ0n) is 28.1. The van der Waals surface area contributed by atoms with E-state index in [-0.39, 0.29) is 0 Å². The molecule has 0 aliphatic heterocycles. The molecular weight excluding hydrogens is 550 g/mol. The van der Waals surface area contributed by atoms with Crippen LogP contribution in [0.4, 0.5) is 17.1 Å². The molecule has 6 rings (SSSR count). The maximum atomic E-state index is 4.88. The second-order valence-corrected chi connectivity index (χ2v) is 12.4. The van der Waals surface area contributed by atoms with E-state index in [9.17, 15) is 0 Å². The van der Waals surface area contributed by atoms with Crippen LogP contribution in [0.3, 0.4) is 0 Å². The van der Waals surface area contributed by atoms with E-state index >= 15 is 0 Å². The van der Waals surface area contributed by atoms with Gasteiger partial charge in [0, 0.05) is 23.6 Å². The van der Waals surface area contributed by atoms with Crippen molar-refractivity contribution in [2.75, 3.05) is 4.90 Å². The monoisotopic (exact) mass is 591 g/mol. The summed E-state index contributed by atoms with van der Waals surface area (Å²) in [7, 11) is 0. The number of para-hydroxylation sites is 1. The number of fused-ring (bicyclic) bond motifs is 1. The van der Waals surface area contributed by atoms with E-state index in [1.807, 2.05) is 6.20 Å². The van der Waals surface area contributed by atoms with Gasteiger partial charge in [-0.25, -0.2) is 19.9 Å². The van der Waals surface area contributed by atoms with E-state index in [1.54, 1.807) is 12.4 Å². The van der Waals surface area contributed by atoms with Crippen LogP contribution in [0.1, 0.15) is 55.6 Å². The first-order valence-corrected chi connectivity index (χ1v) is 15.6. The van der Waals surface area contributed by atoms with Crippen LogP contribution in [0, 0.1) is 69.2 Å². The average Bonchev–Trinajstić information content (AvgIpc) is 3.02. The lowest BCUT2D eigenvalue weighted by Gasteiger charge is -2.33. The minimum absolute atomic E-state index is 0.553. The molecule has 0 atom stereocenters. The SMILES string of the molecule is Cc1cc(C)c(C)c(-c2ccc(N(c3c(C)cccc3C)c3c(C)c(C)c(-c4cnc5nccnc5n4)c(C)c3C)cc2)c1C. The molecule has 0 bridgehead atoms. The van der Waals surface area contributed by atoms with E-state index in [0.717, 1.165) is 16.9 Å². The van der Waals surface area contributed by atoms with Gasteiger partial charge in [-0.05, 0) is 148 Å². The summed E-state index contributed by atoms with van der Waals surface area (Å²) in [6.07, 6.45) is 5.13. The summed E-state index contributed by atoms with van der Waals surface area (Å²) in [5.74, 6) is 0. The number of aromatic nitrogens is 4. The van der Waals surface area contributed by atoms with Gasteiger partial charge in [0.15, 0.2) is 11.3 Å². The van der Waals surface area contributed by atoms with Crippen LogP contribution in [-0.4, -0.2) is 19.9 Å². The number of anilines is 3. The molecule has 0 saturated heterocycles. The summed E-state index contributed by atoms with van der Waals surface area (Å²) in [6.45, 7) is 22.1. The fourth-order valence-electron chi connectivity index (χ4n) is 6.85. The van der Waals surface area contributed by atoms with Crippen molar-refractivity contribution in [3.8, 4) is 22.4 Å². The summed E-state index contributed by atoms with van der Waals surface area (Å²) in [6, 6.07) is 18.0. The molecule has 0 aliphatic rings. The van der Waals surface area contributed by atoms with Crippen molar-refractivity contribution in [3.05, 3.63) is 123 Å². The Bertz CT molecular complexity index is 2030. The predicted octanol–water partition coefficient (Wildman–Crippen LogP) is 10.3. The molecule has 0 N–H and O–H groups in total. The molecular formula is C40H41N5. The number of hydrogen-bond donors (Lipinski definition) is 0. The topological polar surface area (TPSA) is 54.8 Å². The highest BCUT2D eigenvalue weighted by molar-refractivity contribution is 5.89. The van der Waals surface area contributed by atoms with Crippen LogP contribution in [-0.2, 0) is 0 Å². The second-order valence-electron chi connectivity index (χ2n) is 12.4. The highest BCUT2D eigenvalue weighted by Crippen LogP contribution is 2.46. The van der Waals surface area contributed by atoms with Crippen LogP contribution in [0.25, 0.3) is 33.7 Å². The molecule has 4 aromatic carbocycles. The Morgan fingerprint density at radius 2 is 1.04 bits per heavy atom. The lowest BCUT2D eigenvalue weighted by atomic mass is 9.88. The molecule has 0 aliphatic carbocycles. The van der Waals surface area contributed by atoms with Crippen molar-refractivity contribution >= 4 is 28.4 Å². The van der Waals surface area contributed by atoms with Gasteiger partial charge in [0.2, 0.25) is 0 Å². The highest BCUT2D eigenvalue weighted by Gasteiger charge is 2.25. The zero-order chi connectivity index (χ0) is 32.2. The maximum Gasteiger partial charge on any atom is 0.198 e. The van der Waals surface area contributed by atoms with Gasteiger partial charge in [0.05, 0.1) is 23.3 Å². The quantitative estimate of drug-likeness (QED) is 0.200. The number of rotatable bonds is 5. The fraction of sp³-hybridized carbons (Fsp3) is 0.250. The normalized spacial score (nSPS) is 11.3. The standard InChI is InChI=1S/C40H41N5/c1-22-12-11-13-23(2)37(22)45(33-16-14-32(15-17-33)35-26(5)24(3)20-25(4)27(35)6)38-30(9)28(7)36(29(8)31(38)10)34-21-43-39-40(44-34)42-19-18-41-39/h11-21H,1-10H3. The minimum atomic E-state index is 0.553. The van der Waals surface area contributed by atoms with Crippen molar-refractivity contribution in [2.45, 2.75) is 69.2 Å². The summed E-state index contributed by atoms with van der Waals surface area (Å²) >= 11 is 0. The van der Waals surface area contributed by atoms with Gasteiger partial charge in [0.25, 0.3) is 0 Å². The van der Waals surface area contributed by atoms with Crippen LogP contribution < -0.4 is 4.90 Å². The third kappa shape index (κ3) is 5.06. The molecule has 6 aromatic rings. The summed E-state index contributed by atoms with van der Waals surface area (Å²) in [5, 5.41) is 0. The van der Waals surface area contributed by atoms with Crippen molar-refractivity contribution in [2.24, 2.45) is 0 Å². The molecule has 5 heteroatoms. The third-order valence-electron chi connectivity index (χ3n) is 9.70. The number of aryl methyl sites for hydroxylation is 4. The molecule has 0 spiro atoms. The maximum absolute atomic E-state index is 4.88. The molecule has 2 heterocycles. The second kappa shape index (κ2) is 11.6. The van der Waals surface area contributed by atoms with Gasteiger partial charge in [-0.15, -0.1) is 0 Å². The van der Waals surface area contributed by atoms with Crippen molar-refractivity contribution in [1.29, 1.82) is 0 Å². The zero-order valence-corrected chi connectivity index (χ0v) is 28.1. The van der Waals surface area contributed by atoms with Gasteiger partial charge in [-0.3, -0.25) is 0 Å². The van der Waals surface area contributed by atoms with Gasteiger partial charge < -0.3 is 4.90 Å². The van der Waals surface area contributed by atoms with Gasteiger partial charge >= 0.3 is 0 Å². The van der Waals surface area contributed by atoms with E-state index in [1.165, 1.54) is 78.1 Å². The first kappa shape index (κ1) is 30.1. The largest absolute Gasteiger partial charge is 0.309 e. The molecule has 0 fully saturated rings. The molecule has 0 amide bonds. The van der Waals surface area contributed by atoms with E-state index in [4.69, 9.17) is 4.98 Å². The summed E-state index contributed by atoms with van der Waals surface area (Å²) in [5.41, 5.74) is 21.7. The van der Waals surface area contributed by atoms with Gasteiger partial charge in [-0.2, -0.15) is 0 Å². The van der Waals surface area contributed by atoms with Gasteiger partial charge in [-0.1, -0.05) is 36.4 Å². The lowest BCUT2D eigenvalue weighted by Crippen LogP contribution is -2.17. The highest BCUT2D eigenvalue weighted by atomic mass is 15.2. The Kier molecular flexibility index (Phi) is 7.74. The summed E-state index contributed by atoms with van der Waals surface area (Å²) in [4.78, 5) is 20.7. The number of benzene rings is 4. The van der Waals surface area contributed by atoms with Crippen molar-refractivity contribution in [3.63, 3.8) is 0 Å². The first-order chi connectivity index (χ1) is 21.5. The van der Waals surface area contributed by atoms with E-state index < -0.39 is 0 Å². The Balaban J connectivity index is 1.57. The van der Waals surface area contributed by atoms with E-state index in [0.29, 0.717) is 11.3 Å². The smallest absolute Gasteiger partial charge is 0.198 e. The molecule has 226 valence electrons. The number of hydrogen-bond acceptors (Lipinski definition) is 5. The molecule has 5 nitrogen and oxygen atoms in total. The average molecular weight is 592 g/mol. The number of nitrogens with zero attached hydrogens (tertiary/aromatic N) is 5. The Morgan fingerprint density at radius 1 is 0.489 bits per heavy atom. The summed E-state index contributed by atoms with van der Waals surface area (Å²) < 4.78 is 0. The van der Waals surface area contributed by atoms with Crippen LogP contribution in [0.5, 0.6) is 0 Å². The molecule has 0 saturated carbocycles. The molecule has 2 aromatic heterocycles.